The fourth-order valence-electron chi connectivity index (χ4n) is 3.40. The van der Waals surface area contributed by atoms with E-state index in [2.05, 4.69) is 4.98 Å². The number of benzene rings is 2. The minimum atomic E-state index is -0.413. The third-order valence-electron chi connectivity index (χ3n) is 5.02. The average Bonchev–Trinajstić information content (AvgIpc) is 3.02. The van der Waals surface area contributed by atoms with Crippen molar-refractivity contribution in [2.24, 2.45) is 0 Å². The Bertz CT molecular complexity index is 1030. The van der Waals surface area contributed by atoms with Gasteiger partial charge in [0.25, 0.3) is 5.91 Å². The molecule has 0 aliphatic heterocycles. The highest BCUT2D eigenvalue weighted by atomic mass is 19.1. The lowest BCUT2D eigenvalue weighted by molar-refractivity contribution is 0.0519. The maximum absolute atomic E-state index is 13.3. The van der Waals surface area contributed by atoms with Crippen molar-refractivity contribution in [1.82, 2.24) is 9.88 Å². The molecule has 0 aliphatic carbocycles. The SMILES string of the molecule is CCOC(=O)c1[nH]c(C)c(CN(Cc2ccccc2)C(=O)c2ccc(F)cc2)c1C. The van der Waals surface area contributed by atoms with Gasteiger partial charge in [0.05, 0.1) is 6.61 Å². The van der Waals surface area contributed by atoms with Crippen molar-refractivity contribution in [2.75, 3.05) is 6.61 Å². The zero-order valence-electron chi connectivity index (χ0n) is 17.4. The Morgan fingerprint density at radius 1 is 1.00 bits per heavy atom. The van der Waals surface area contributed by atoms with Gasteiger partial charge in [-0.15, -0.1) is 0 Å². The number of aryl methyl sites for hydroxylation is 1. The van der Waals surface area contributed by atoms with Crippen LogP contribution in [-0.4, -0.2) is 28.4 Å². The lowest BCUT2D eigenvalue weighted by Crippen LogP contribution is -2.30. The van der Waals surface area contributed by atoms with Crippen LogP contribution in [0.4, 0.5) is 4.39 Å². The van der Waals surface area contributed by atoms with Crippen molar-refractivity contribution < 1.29 is 18.7 Å². The summed E-state index contributed by atoms with van der Waals surface area (Å²) in [7, 11) is 0. The number of H-pyrrole nitrogens is 1. The second-order valence-electron chi connectivity index (χ2n) is 7.10. The highest BCUT2D eigenvalue weighted by Crippen LogP contribution is 2.23. The van der Waals surface area contributed by atoms with Gasteiger partial charge in [0.2, 0.25) is 0 Å². The molecule has 0 saturated heterocycles. The molecule has 0 spiro atoms. The first-order chi connectivity index (χ1) is 14.4. The van der Waals surface area contributed by atoms with Gasteiger partial charge in [0, 0.05) is 24.3 Å². The van der Waals surface area contributed by atoms with Crippen LogP contribution < -0.4 is 0 Å². The molecule has 3 aromatic rings. The van der Waals surface area contributed by atoms with Gasteiger partial charge in [-0.3, -0.25) is 4.79 Å². The van der Waals surface area contributed by atoms with Gasteiger partial charge >= 0.3 is 5.97 Å². The molecular formula is C24H25FN2O3. The number of carbonyl (C=O) groups excluding carboxylic acids is 2. The minimum Gasteiger partial charge on any atom is -0.461 e. The first-order valence-electron chi connectivity index (χ1n) is 9.84. The number of hydrogen-bond donors (Lipinski definition) is 1. The molecular weight excluding hydrogens is 383 g/mol. The van der Waals surface area contributed by atoms with Crippen LogP contribution in [-0.2, 0) is 17.8 Å². The number of esters is 1. The summed E-state index contributed by atoms with van der Waals surface area (Å²) in [5.74, 6) is -1.02. The summed E-state index contributed by atoms with van der Waals surface area (Å²) >= 11 is 0. The van der Waals surface area contributed by atoms with E-state index in [0.29, 0.717) is 24.3 Å². The number of rotatable bonds is 7. The lowest BCUT2D eigenvalue weighted by atomic mass is 10.1. The largest absolute Gasteiger partial charge is 0.461 e. The van der Waals surface area contributed by atoms with Gasteiger partial charge in [-0.05, 0) is 61.7 Å². The summed E-state index contributed by atoms with van der Waals surface area (Å²) in [5, 5.41) is 0. The minimum absolute atomic E-state index is 0.212. The van der Waals surface area contributed by atoms with Gasteiger partial charge in [0.15, 0.2) is 0 Å². The summed E-state index contributed by atoms with van der Waals surface area (Å²) in [6, 6.07) is 15.2. The van der Waals surface area contributed by atoms with Crippen molar-refractivity contribution in [1.29, 1.82) is 0 Å². The first kappa shape index (κ1) is 21.3. The molecule has 0 saturated carbocycles. The molecule has 1 N–H and O–H groups in total. The van der Waals surface area contributed by atoms with Crippen LogP contribution in [0, 0.1) is 19.7 Å². The molecule has 0 fully saturated rings. The second kappa shape index (κ2) is 9.39. The van der Waals surface area contributed by atoms with Gasteiger partial charge in [-0.2, -0.15) is 0 Å². The molecule has 5 nitrogen and oxygen atoms in total. The molecule has 0 atom stereocenters. The van der Waals surface area contributed by atoms with Crippen molar-refractivity contribution in [3.05, 3.63) is 94.1 Å². The van der Waals surface area contributed by atoms with Crippen molar-refractivity contribution >= 4 is 11.9 Å². The van der Waals surface area contributed by atoms with Crippen molar-refractivity contribution in [3.63, 3.8) is 0 Å². The van der Waals surface area contributed by atoms with E-state index < -0.39 is 11.8 Å². The predicted molar refractivity (Wildman–Crippen MR) is 113 cm³/mol. The Labute approximate surface area is 175 Å². The van der Waals surface area contributed by atoms with Crippen LogP contribution in [0.1, 0.15) is 50.2 Å². The highest BCUT2D eigenvalue weighted by Gasteiger charge is 2.23. The first-order valence-corrected chi connectivity index (χ1v) is 9.84. The molecule has 156 valence electrons. The van der Waals surface area contributed by atoms with E-state index in [1.807, 2.05) is 44.2 Å². The Kier molecular flexibility index (Phi) is 6.67. The molecule has 0 unspecified atom stereocenters. The van der Waals surface area contributed by atoms with Crippen LogP contribution in [0.15, 0.2) is 54.6 Å². The predicted octanol–water partition coefficient (Wildman–Crippen LogP) is 4.79. The van der Waals surface area contributed by atoms with Gasteiger partial charge in [-0.1, -0.05) is 30.3 Å². The quantitative estimate of drug-likeness (QED) is 0.572. The fourth-order valence-corrected chi connectivity index (χ4v) is 3.40. The average molecular weight is 408 g/mol. The summed E-state index contributed by atoms with van der Waals surface area (Å²) in [5.41, 5.74) is 4.22. The summed E-state index contributed by atoms with van der Waals surface area (Å²) in [4.78, 5) is 30.2. The van der Waals surface area contributed by atoms with Crippen LogP contribution in [0.2, 0.25) is 0 Å². The number of aromatic nitrogens is 1. The van der Waals surface area contributed by atoms with E-state index in [-0.39, 0.29) is 12.5 Å². The Hall–Kier alpha value is -3.41. The van der Waals surface area contributed by atoms with E-state index in [1.54, 1.807) is 11.8 Å². The standard InChI is InChI=1S/C24H25FN2O3/c1-4-30-24(29)22-16(2)21(17(3)26-22)15-27(14-18-8-6-5-7-9-18)23(28)19-10-12-20(25)13-11-19/h5-13,26H,4,14-15H2,1-3H3. The molecule has 1 aromatic heterocycles. The van der Waals surface area contributed by atoms with E-state index >= 15 is 0 Å². The number of nitrogens with zero attached hydrogens (tertiary/aromatic N) is 1. The van der Waals surface area contributed by atoms with Gasteiger partial charge < -0.3 is 14.6 Å². The number of hydrogen-bond acceptors (Lipinski definition) is 3. The van der Waals surface area contributed by atoms with E-state index in [9.17, 15) is 14.0 Å². The summed E-state index contributed by atoms with van der Waals surface area (Å²) in [6.07, 6.45) is 0. The number of carbonyl (C=O) groups is 2. The number of aromatic amines is 1. The van der Waals surface area contributed by atoms with Crippen molar-refractivity contribution in [2.45, 2.75) is 33.9 Å². The van der Waals surface area contributed by atoms with Crippen LogP contribution in [0.25, 0.3) is 0 Å². The molecule has 2 aromatic carbocycles. The third kappa shape index (κ3) is 4.76. The van der Waals surface area contributed by atoms with E-state index in [0.717, 1.165) is 22.4 Å². The molecule has 0 bridgehead atoms. The highest BCUT2D eigenvalue weighted by molar-refractivity contribution is 5.94. The van der Waals surface area contributed by atoms with Gasteiger partial charge in [0.1, 0.15) is 11.5 Å². The maximum Gasteiger partial charge on any atom is 0.355 e. The molecule has 1 heterocycles. The molecule has 30 heavy (non-hydrogen) atoms. The maximum atomic E-state index is 13.3. The second-order valence-corrected chi connectivity index (χ2v) is 7.10. The van der Waals surface area contributed by atoms with Crippen LogP contribution in [0.5, 0.6) is 0 Å². The monoisotopic (exact) mass is 408 g/mol. The summed E-state index contributed by atoms with van der Waals surface area (Å²) < 4.78 is 18.4. The third-order valence-corrected chi connectivity index (χ3v) is 5.02. The fraction of sp³-hybridized carbons (Fsp3) is 0.250. The molecule has 0 radical (unpaired) electrons. The number of amides is 1. The van der Waals surface area contributed by atoms with Crippen molar-refractivity contribution in [3.8, 4) is 0 Å². The summed E-state index contributed by atoms with van der Waals surface area (Å²) in [6.45, 7) is 6.44. The molecule has 0 aliphatic rings. The van der Waals surface area contributed by atoms with Gasteiger partial charge in [-0.25, -0.2) is 9.18 Å². The van der Waals surface area contributed by atoms with E-state index in [1.165, 1.54) is 24.3 Å². The molecule has 1 amide bonds. The number of halogens is 1. The number of ether oxygens (including phenoxy) is 1. The molecule has 6 heteroatoms. The number of nitrogens with one attached hydrogen (secondary N) is 1. The topological polar surface area (TPSA) is 62.4 Å². The van der Waals surface area contributed by atoms with Crippen LogP contribution in [0.3, 0.4) is 0 Å². The normalized spacial score (nSPS) is 10.7. The zero-order valence-corrected chi connectivity index (χ0v) is 17.4. The Balaban J connectivity index is 1.94. The zero-order chi connectivity index (χ0) is 21.7. The lowest BCUT2D eigenvalue weighted by Gasteiger charge is -2.24. The molecule has 3 rings (SSSR count). The van der Waals surface area contributed by atoms with Crippen LogP contribution >= 0.6 is 0 Å². The Morgan fingerprint density at radius 3 is 2.30 bits per heavy atom. The van der Waals surface area contributed by atoms with E-state index in [4.69, 9.17) is 4.74 Å². The smallest absolute Gasteiger partial charge is 0.355 e. The Morgan fingerprint density at radius 2 is 1.67 bits per heavy atom.